The van der Waals surface area contributed by atoms with Gasteiger partial charge in [-0.2, -0.15) is 0 Å². The third-order valence-electron chi connectivity index (χ3n) is 5.15. The summed E-state index contributed by atoms with van der Waals surface area (Å²) in [6.45, 7) is 6.01. The lowest BCUT2D eigenvalue weighted by atomic mass is 10.1. The van der Waals surface area contributed by atoms with Crippen molar-refractivity contribution in [2.75, 3.05) is 13.7 Å². The fourth-order valence-electron chi connectivity index (χ4n) is 3.39. The van der Waals surface area contributed by atoms with Crippen molar-refractivity contribution in [2.45, 2.75) is 39.8 Å². The summed E-state index contributed by atoms with van der Waals surface area (Å²) in [5.74, 6) is 0.815. The van der Waals surface area contributed by atoms with Gasteiger partial charge >= 0.3 is 0 Å². The largest absolute Gasteiger partial charge is 0.497 e. The highest BCUT2D eigenvalue weighted by molar-refractivity contribution is 7.80. The van der Waals surface area contributed by atoms with Crippen molar-refractivity contribution in [1.82, 2.24) is 15.2 Å². The first-order valence-electron chi connectivity index (χ1n) is 10.3. The Labute approximate surface area is 183 Å². The Bertz CT molecular complexity index is 1060. The number of pyridine rings is 1. The van der Waals surface area contributed by atoms with Crippen LogP contribution < -0.4 is 15.6 Å². The zero-order valence-corrected chi connectivity index (χ0v) is 18.6. The predicted molar refractivity (Wildman–Crippen MR) is 127 cm³/mol. The second kappa shape index (κ2) is 10.3. The molecule has 3 rings (SSSR count). The van der Waals surface area contributed by atoms with Gasteiger partial charge in [0.2, 0.25) is 0 Å². The van der Waals surface area contributed by atoms with Gasteiger partial charge in [-0.3, -0.25) is 4.79 Å². The lowest BCUT2D eigenvalue weighted by Crippen LogP contribution is -2.40. The number of fused-ring (bicyclic) bond motifs is 1. The third kappa shape index (κ3) is 5.39. The number of rotatable bonds is 8. The molecule has 3 aromatic rings. The van der Waals surface area contributed by atoms with E-state index in [9.17, 15) is 4.79 Å². The van der Waals surface area contributed by atoms with Gasteiger partial charge in [0.05, 0.1) is 19.2 Å². The summed E-state index contributed by atoms with van der Waals surface area (Å²) in [6, 6.07) is 15.9. The number of aromatic nitrogens is 1. The molecule has 0 saturated heterocycles. The maximum absolute atomic E-state index is 12.8. The summed E-state index contributed by atoms with van der Waals surface area (Å²) < 4.78 is 5.25. The normalized spacial score (nSPS) is 10.8. The van der Waals surface area contributed by atoms with Crippen LogP contribution in [0.5, 0.6) is 5.75 Å². The van der Waals surface area contributed by atoms with Gasteiger partial charge in [0.15, 0.2) is 5.11 Å². The number of para-hydroxylation sites is 1. The van der Waals surface area contributed by atoms with Gasteiger partial charge in [0.25, 0.3) is 5.56 Å². The number of aromatic amines is 1. The molecule has 5 nitrogen and oxygen atoms in total. The smallest absolute Gasteiger partial charge is 0.253 e. The number of benzene rings is 2. The first kappa shape index (κ1) is 21.8. The van der Waals surface area contributed by atoms with Crippen molar-refractivity contribution in [2.24, 2.45) is 0 Å². The van der Waals surface area contributed by atoms with Crippen molar-refractivity contribution in [3.8, 4) is 5.75 Å². The number of methoxy groups -OCH3 is 1. The van der Waals surface area contributed by atoms with Gasteiger partial charge in [0, 0.05) is 18.7 Å². The van der Waals surface area contributed by atoms with E-state index in [-0.39, 0.29) is 5.56 Å². The number of hydrogen-bond donors (Lipinski definition) is 2. The molecule has 0 aliphatic carbocycles. The van der Waals surface area contributed by atoms with Gasteiger partial charge < -0.3 is 19.9 Å². The van der Waals surface area contributed by atoms with Gasteiger partial charge in [0.1, 0.15) is 5.75 Å². The molecule has 1 aromatic heterocycles. The summed E-state index contributed by atoms with van der Waals surface area (Å²) in [7, 11) is 1.65. The Kier molecular flexibility index (Phi) is 7.46. The zero-order valence-electron chi connectivity index (χ0n) is 17.8. The van der Waals surface area contributed by atoms with Crippen LogP contribution in [0, 0.1) is 6.92 Å². The van der Waals surface area contributed by atoms with E-state index in [1.54, 1.807) is 7.11 Å². The Balaban J connectivity index is 1.87. The van der Waals surface area contributed by atoms with E-state index in [2.05, 4.69) is 17.2 Å². The minimum Gasteiger partial charge on any atom is -0.497 e. The van der Waals surface area contributed by atoms with Crippen LogP contribution in [0.3, 0.4) is 0 Å². The molecule has 2 aromatic carbocycles. The number of thiocarbonyl (C=S) groups is 1. The van der Waals surface area contributed by atoms with Crippen LogP contribution in [0.2, 0.25) is 0 Å². The molecule has 0 aliphatic heterocycles. The Morgan fingerprint density at radius 2 is 1.93 bits per heavy atom. The number of nitrogens with one attached hydrogen (secondary N) is 2. The quantitative estimate of drug-likeness (QED) is 0.412. The number of ether oxygens (including phenoxy) is 1. The van der Waals surface area contributed by atoms with Crippen LogP contribution in [-0.2, 0) is 13.1 Å². The zero-order chi connectivity index (χ0) is 21.5. The Morgan fingerprint density at radius 3 is 2.63 bits per heavy atom. The second-order valence-corrected chi connectivity index (χ2v) is 7.84. The van der Waals surface area contributed by atoms with Crippen molar-refractivity contribution in [1.29, 1.82) is 0 Å². The van der Waals surface area contributed by atoms with Crippen LogP contribution in [-0.4, -0.2) is 28.7 Å². The van der Waals surface area contributed by atoms with E-state index in [1.165, 1.54) is 0 Å². The molecule has 1 heterocycles. The molecule has 0 aliphatic rings. The highest BCUT2D eigenvalue weighted by Crippen LogP contribution is 2.18. The lowest BCUT2D eigenvalue weighted by Gasteiger charge is -2.26. The standard InChI is InChI=1S/C24H29N3O2S/c1-4-5-13-25-24(30)27(15-18-9-11-21(29-3)12-10-18)16-20-14-19-8-6-7-17(2)22(19)26-23(20)28/h6-12,14H,4-5,13,15-16H2,1-3H3,(H,25,30)(H,26,28). The molecule has 0 atom stereocenters. The number of H-pyrrole nitrogens is 1. The highest BCUT2D eigenvalue weighted by Gasteiger charge is 2.14. The minimum atomic E-state index is -0.0760. The molecule has 0 bridgehead atoms. The summed E-state index contributed by atoms with van der Waals surface area (Å²) in [5, 5.41) is 5.02. The molecule has 2 N–H and O–H groups in total. The number of unbranched alkanes of at least 4 members (excludes halogenated alkanes) is 1. The van der Waals surface area contributed by atoms with Crippen molar-refractivity contribution in [3.05, 3.63) is 75.6 Å². The lowest BCUT2D eigenvalue weighted by molar-refractivity contribution is 0.395. The number of aryl methyl sites for hydroxylation is 1. The Morgan fingerprint density at radius 1 is 1.17 bits per heavy atom. The molecular formula is C24H29N3O2S. The molecule has 158 valence electrons. The fourth-order valence-corrected chi connectivity index (χ4v) is 3.62. The SMILES string of the molecule is CCCCNC(=S)N(Cc1ccc(OC)cc1)Cc1cc2cccc(C)c2[nH]c1=O. The highest BCUT2D eigenvalue weighted by atomic mass is 32.1. The average molecular weight is 424 g/mol. The molecule has 6 heteroatoms. The van der Waals surface area contributed by atoms with Gasteiger partial charge in [-0.05, 0) is 60.3 Å². The van der Waals surface area contributed by atoms with Gasteiger partial charge in [-0.25, -0.2) is 0 Å². The molecule has 0 radical (unpaired) electrons. The summed E-state index contributed by atoms with van der Waals surface area (Å²) in [5.41, 5.74) is 3.66. The molecule has 30 heavy (non-hydrogen) atoms. The van der Waals surface area contributed by atoms with Crippen LogP contribution >= 0.6 is 12.2 Å². The minimum absolute atomic E-state index is 0.0760. The first-order chi connectivity index (χ1) is 14.5. The first-order valence-corrected chi connectivity index (χ1v) is 10.7. The van der Waals surface area contributed by atoms with Gasteiger partial charge in [-0.15, -0.1) is 0 Å². The van der Waals surface area contributed by atoms with E-state index in [1.807, 2.05) is 60.4 Å². The molecule has 0 spiro atoms. The van der Waals surface area contributed by atoms with Gasteiger partial charge in [-0.1, -0.05) is 43.7 Å². The van der Waals surface area contributed by atoms with Crippen LogP contribution in [0.1, 0.15) is 36.5 Å². The fraction of sp³-hybridized carbons (Fsp3) is 0.333. The van der Waals surface area contributed by atoms with E-state index in [4.69, 9.17) is 17.0 Å². The van der Waals surface area contributed by atoms with E-state index >= 15 is 0 Å². The Hall–Kier alpha value is -2.86. The van der Waals surface area contributed by atoms with Crippen molar-refractivity contribution in [3.63, 3.8) is 0 Å². The topological polar surface area (TPSA) is 57.4 Å². The third-order valence-corrected chi connectivity index (χ3v) is 5.55. The van der Waals surface area contributed by atoms with Crippen molar-refractivity contribution >= 4 is 28.2 Å². The molecular weight excluding hydrogens is 394 g/mol. The maximum atomic E-state index is 12.8. The van der Waals surface area contributed by atoms with Crippen LogP contribution in [0.25, 0.3) is 10.9 Å². The maximum Gasteiger partial charge on any atom is 0.253 e. The molecule has 0 amide bonds. The summed E-state index contributed by atoms with van der Waals surface area (Å²) in [6.07, 6.45) is 2.14. The predicted octanol–water partition coefficient (Wildman–Crippen LogP) is 4.52. The monoisotopic (exact) mass is 423 g/mol. The van der Waals surface area contributed by atoms with E-state index < -0.39 is 0 Å². The molecule has 0 unspecified atom stereocenters. The van der Waals surface area contributed by atoms with Crippen LogP contribution in [0.15, 0.2) is 53.3 Å². The van der Waals surface area contributed by atoms with E-state index in [0.29, 0.717) is 23.8 Å². The van der Waals surface area contributed by atoms with Crippen molar-refractivity contribution < 1.29 is 4.74 Å². The molecule has 0 saturated carbocycles. The summed E-state index contributed by atoms with van der Waals surface area (Å²) >= 11 is 5.67. The second-order valence-electron chi connectivity index (χ2n) is 7.45. The van der Waals surface area contributed by atoms with E-state index in [0.717, 1.165) is 47.2 Å². The molecule has 0 fully saturated rings. The average Bonchev–Trinajstić information content (AvgIpc) is 2.75. The van der Waals surface area contributed by atoms with Crippen LogP contribution in [0.4, 0.5) is 0 Å². The summed E-state index contributed by atoms with van der Waals surface area (Å²) in [4.78, 5) is 17.9. The number of nitrogens with zero attached hydrogens (tertiary/aromatic N) is 1. The number of hydrogen-bond acceptors (Lipinski definition) is 3.